The lowest BCUT2D eigenvalue weighted by molar-refractivity contribution is 0.769. The molecule has 0 radical (unpaired) electrons. The number of anilines is 1. The van der Waals surface area contributed by atoms with Gasteiger partial charge < -0.3 is 10.6 Å². The zero-order chi connectivity index (χ0) is 15.0. The van der Waals surface area contributed by atoms with Crippen LogP contribution in [0, 0.1) is 6.92 Å². The van der Waals surface area contributed by atoms with Crippen LogP contribution in [0.25, 0.3) is 0 Å². The van der Waals surface area contributed by atoms with Crippen molar-refractivity contribution in [2.24, 2.45) is 10.7 Å². The molecular formula is C16H15Cl2N3. The van der Waals surface area contributed by atoms with E-state index in [0.717, 1.165) is 11.3 Å². The van der Waals surface area contributed by atoms with Crippen molar-refractivity contribution in [3.05, 3.63) is 63.6 Å². The van der Waals surface area contributed by atoms with Gasteiger partial charge in [0.05, 0.1) is 12.6 Å². The van der Waals surface area contributed by atoms with Crippen LogP contribution in [-0.4, -0.2) is 12.5 Å². The molecule has 0 saturated carbocycles. The SMILES string of the molecule is Cc1ccc(N2C(N)=NCC2c2ccc(Cl)cc2Cl)cc1. The van der Waals surface area contributed by atoms with Crippen molar-refractivity contribution in [2.45, 2.75) is 13.0 Å². The normalized spacial score (nSPS) is 18.0. The van der Waals surface area contributed by atoms with E-state index in [0.29, 0.717) is 22.5 Å². The number of hydrogen-bond donors (Lipinski definition) is 1. The number of nitrogens with two attached hydrogens (primary N) is 1. The molecule has 5 heteroatoms. The minimum Gasteiger partial charge on any atom is -0.369 e. The van der Waals surface area contributed by atoms with Crippen molar-refractivity contribution < 1.29 is 0 Å². The quantitative estimate of drug-likeness (QED) is 0.902. The number of aliphatic imine (C=N–C) groups is 1. The molecule has 21 heavy (non-hydrogen) atoms. The van der Waals surface area contributed by atoms with Crippen LogP contribution in [0.1, 0.15) is 17.2 Å². The van der Waals surface area contributed by atoms with Crippen LogP contribution in [0.5, 0.6) is 0 Å². The molecule has 1 aliphatic heterocycles. The summed E-state index contributed by atoms with van der Waals surface area (Å²) in [6.07, 6.45) is 0. The average Bonchev–Trinajstić information content (AvgIpc) is 2.82. The molecule has 108 valence electrons. The minimum atomic E-state index is -0.00234. The van der Waals surface area contributed by atoms with Gasteiger partial charge in [0, 0.05) is 15.7 Å². The van der Waals surface area contributed by atoms with Crippen molar-refractivity contribution in [1.82, 2.24) is 0 Å². The summed E-state index contributed by atoms with van der Waals surface area (Å²) in [5, 5.41) is 1.26. The molecule has 3 rings (SSSR count). The van der Waals surface area contributed by atoms with Crippen LogP contribution in [-0.2, 0) is 0 Å². The van der Waals surface area contributed by atoms with Gasteiger partial charge in [-0.3, -0.25) is 4.99 Å². The van der Waals surface area contributed by atoms with Crippen molar-refractivity contribution >= 4 is 34.8 Å². The minimum absolute atomic E-state index is 0.00234. The van der Waals surface area contributed by atoms with Crippen LogP contribution in [0.4, 0.5) is 5.69 Å². The van der Waals surface area contributed by atoms with E-state index in [2.05, 4.69) is 24.0 Å². The predicted octanol–water partition coefficient (Wildman–Crippen LogP) is 4.18. The van der Waals surface area contributed by atoms with Crippen LogP contribution < -0.4 is 10.6 Å². The molecule has 0 aromatic heterocycles. The Balaban J connectivity index is 2.00. The summed E-state index contributed by atoms with van der Waals surface area (Å²) in [6, 6.07) is 13.7. The Morgan fingerprint density at radius 3 is 2.52 bits per heavy atom. The molecule has 0 aliphatic carbocycles. The highest BCUT2D eigenvalue weighted by Gasteiger charge is 2.30. The van der Waals surface area contributed by atoms with Crippen LogP contribution >= 0.6 is 23.2 Å². The van der Waals surface area contributed by atoms with Crippen LogP contribution in [0.3, 0.4) is 0 Å². The Kier molecular flexibility index (Phi) is 3.79. The molecule has 2 N–H and O–H groups in total. The van der Waals surface area contributed by atoms with Gasteiger partial charge in [-0.25, -0.2) is 0 Å². The fourth-order valence-corrected chi connectivity index (χ4v) is 3.06. The number of hydrogen-bond acceptors (Lipinski definition) is 3. The third-order valence-electron chi connectivity index (χ3n) is 3.62. The van der Waals surface area contributed by atoms with Gasteiger partial charge >= 0.3 is 0 Å². The van der Waals surface area contributed by atoms with E-state index in [1.807, 2.05) is 29.2 Å². The van der Waals surface area contributed by atoms with E-state index in [4.69, 9.17) is 28.9 Å². The maximum atomic E-state index is 6.33. The van der Waals surface area contributed by atoms with Crippen molar-refractivity contribution in [3.8, 4) is 0 Å². The maximum Gasteiger partial charge on any atom is 0.196 e. The second-order valence-corrected chi connectivity index (χ2v) is 5.93. The van der Waals surface area contributed by atoms with Crippen molar-refractivity contribution in [3.63, 3.8) is 0 Å². The van der Waals surface area contributed by atoms with Crippen LogP contribution in [0.2, 0.25) is 10.0 Å². The molecule has 0 amide bonds. The van der Waals surface area contributed by atoms with E-state index in [9.17, 15) is 0 Å². The number of halogens is 2. The third-order valence-corrected chi connectivity index (χ3v) is 4.18. The first-order chi connectivity index (χ1) is 10.1. The van der Waals surface area contributed by atoms with E-state index < -0.39 is 0 Å². The van der Waals surface area contributed by atoms with E-state index in [1.165, 1.54) is 5.56 Å². The Bertz CT molecular complexity index is 695. The monoisotopic (exact) mass is 319 g/mol. The first-order valence-electron chi connectivity index (χ1n) is 6.67. The summed E-state index contributed by atoms with van der Waals surface area (Å²) in [5.74, 6) is 0.509. The molecule has 2 aromatic rings. The summed E-state index contributed by atoms with van der Waals surface area (Å²) in [5.41, 5.74) is 9.25. The lowest BCUT2D eigenvalue weighted by Crippen LogP contribution is -2.36. The van der Waals surface area contributed by atoms with Crippen LogP contribution in [0.15, 0.2) is 47.5 Å². The third kappa shape index (κ3) is 2.71. The van der Waals surface area contributed by atoms with E-state index in [-0.39, 0.29) is 6.04 Å². The zero-order valence-electron chi connectivity index (χ0n) is 11.6. The summed E-state index contributed by atoms with van der Waals surface area (Å²) < 4.78 is 0. The highest BCUT2D eigenvalue weighted by Crippen LogP contribution is 2.35. The summed E-state index contributed by atoms with van der Waals surface area (Å²) in [6.45, 7) is 2.64. The molecule has 1 heterocycles. The van der Waals surface area contributed by atoms with Gasteiger partial charge in [-0.1, -0.05) is 47.0 Å². The first kappa shape index (κ1) is 14.2. The zero-order valence-corrected chi connectivity index (χ0v) is 13.1. The molecule has 0 bridgehead atoms. The number of aryl methyl sites for hydroxylation is 1. The van der Waals surface area contributed by atoms with Gasteiger partial charge in [-0.2, -0.15) is 0 Å². The lowest BCUT2D eigenvalue weighted by atomic mass is 10.1. The highest BCUT2D eigenvalue weighted by atomic mass is 35.5. The summed E-state index contributed by atoms with van der Waals surface area (Å²) in [7, 11) is 0. The fourth-order valence-electron chi connectivity index (χ4n) is 2.52. The average molecular weight is 320 g/mol. The van der Waals surface area contributed by atoms with Gasteiger partial charge in [-0.15, -0.1) is 0 Å². The van der Waals surface area contributed by atoms with Gasteiger partial charge in [0.15, 0.2) is 5.96 Å². The summed E-state index contributed by atoms with van der Waals surface area (Å²) >= 11 is 12.3. The molecule has 3 nitrogen and oxygen atoms in total. The topological polar surface area (TPSA) is 41.6 Å². The maximum absolute atomic E-state index is 6.33. The van der Waals surface area contributed by atoms with E-state index in [1.54, 1.807) is 6.07 Å². The highest BCUT2D eigenvalue weighted by molar-refractivity contribution is 6.35. The number of guanidine groups is 1. The molecule has 1 atom stereocenters. The first-order valence-corrected chi connectivity index (χ1v) is 7.42. The number of benzene rings is 2. The molecule has 1 unspecified atom stereocenters. The Labute approximate surface area is 134 Å². The molecule has 0 spiro atoms. The van der Waals surface area contributed by atoms with Gasteiger partial charge in [0.2, 0.25) is 0 Å². The standard InChI is InChI=1S/C16H15Cl2N3/c1-10-2-5-12(6-3-10)21-15(9-20-16(21)19)13-7-4-11(17)8-14(13)18/h2-8,15H,9H2,1H3,(H2,19,20). The number of nitrogens with zero attached hydrogens (tertiary/aromatic N) is 2. The smallest absolute Gasteiger partial charge is 0.196 e. The second-order valence-electron chi connectivity index (χ2n) is 5.09. The molecule has 0 fully saturated rings. The van der Waals surface area contributed by atoms with E-state index >= 15 is 0 Å². The van der Waals surface area contributed by atoms with Gasteiger partial charge in [0.25, 0.3) is 0 Å². The number of rotatable bonds is 2. The molecule has 0 saturated heterocycles. The summed E-state index contributed by atoms with van der Waals surface area (Å²) in [4.78, 5) is 6.37. The van der Waals surface area contributed by atoms with Gasteiger partial charge in [-0.05, 0) is 36.8 Å². The fraction of sp³-hybridized carbons (Fsp3) is 0.188. The molecule has 2 aromatic carbocycles. The Hall–Kier alpha value is -1.71. The van der Waals surface area contributed by atoms with Crippen molar-refractivity contribution in [2.75, 3.05) is 11.4 Å². The lowest BCUT2D eigenvalue weighted by Gasteiger charge is -2.27. The largest absolute Gasteiger partial charge is 0.369 e. The molecule has 1 aliphatic rings. The second kappa shape index (κ2) is 5.58. The van der Waals surface area contributed by atoms with Gasteiger partial charge in [0.1, 0.15) is 0 Å². The predicted molar refractivity (Wildman–Crippen MR) is 89.4 cm³/mol. The Morgan fingerprint density at radius 1 is 1.14 bits per heavy atom. The molecular weight excluding hydrogens is 305 g/mol. The van der Waals surface area contributed by atoms with Crippen molar-refractivity contribution in [1.29, 1.82) is 0 Å². The Morgan fingerprint density at radius 2 is 1.86 bits per heavy atom.